The van der Waals surface area contributed by atoms with E-state index in [0.717, 1.165) is 6.42 Å². The quantitative estimate of drug-likeness (QED) is 0.868. The molecule has 1 amide bonds. The molecule has 1 rings (SSSR count). The van der Waals surface area contributed by atoms with Crippen LogP contribution in [0.2, 0.25) is 0 Å². The van der Waals surface area contributed by atoms with Gasteiger partial charge in [-0.25, -0.2) is 0 Å². The molecule has 0 aromatic heterocycles. The van der Waals surface area contributed by atoms with E-state index in [1.54, 1.807) is 38.3 Å². The minimum absolute atomic E-state index is 0.258. The highest BCUT2D eigenvalue weighted by Gasteiger charge is 2.25. The normalized spacial score (nSPS) is 13.2. The number of ether oxygens (including phenoxy) is 1. The topological polar surface area (TPSA) is 62.1 Å². The number of amides is 1. The zero-order chi connectivity index (χ0) is 13.6. The number of carbonyl (C=O) groups excluding carboxylic acids is 1. The summed E-state index contributed by atoms with van der Waals surface area (Å²) in [7, 11) is 1.55. The molecule has 1 N–H and O–H groups in total. The van der Waals surface area contributed by atoms with Crippen LogP contribution >= 0.6 is 0 Å². The van der Waals surface area contributed by atoms with E-state index in [1.807, 2.05) is 6.92 Å². The summed E-state index contributed by atoms with van der Waals surface area (Å²) in [5, 5.41) is 11.9. The first-order valence-electron chi connectivity index (χ1n) is 5.92. The van der Waals surface area contributed by atoms with E-state index in [1.165, 1.54) is 0 Å². The van der Waals surface area contributed by atoms with Gasteiger partial charge in [0.15, 0.2) is 0 Å². The number of rotatable bonds is 5. The molecule has 0 radical (unpaired) electrons. The Kier molecular flexibility index (Phi) is 4.73. The zero-order valence-electron chi connectivity index (χ0n) is 11.0. The summed E-state index contributed by atoms with van der Waals surface area (Å²) in [6.45, 7) is 3.71. The van der Waals surface area contributed by atoms with Crippen LogP contribution in [0.25, 0.3) is 0 Å². The first-order valence-corrected chi connectivity index (χ1v) is 5.92. The van der Waals surface area contributed by atoms with Gasteiger partial charge in [0.2, 0.25) is 0 Å². The lowest BCUT2D eigenvalue weighted by molar-refractivity contribution is 0.0921. The van der Waals surface area contributed by atoms with Gasteiger partial charge in [0.05, 0.1) is 13.2 Å². The summed E-state index contributed by atoms with van der Waals surface area (Å²) >= 11 is 0. The molecule has 18 heavy (non-hydrogen) atoms. The number of hydrogen-bond acceptors (Lipinski definition) is 3. The van der Waals surface area contributed by atoms with Gasteiger partial charge in [-0.1, -0.05) is 19.4 Å². The van der Waals surface area contributed by atoms with Gasteiger partial charge in [-0.3, -0.25) is 4.79 Å². The van der Waals surface area contributed by atoms with E-state index in [0.29, 0.717) is 17.7 Å². The van der Waals surface area contributed by atoms with Crippen molar-refractivity contribution >= 4 is 5.91 Å². The highest BCUT2D eigenvalue weighted by Crippen LogP contribution is 2.15. The molecule has 0 heterocycles. The molecule has 0 aliphatic heterocycles. The van der Waals surface area contributed by atoms with Gasteiger partial charge < -0.3 is 10.1 Å². The number of methoxy groups -OCH3 is 1. The first kappa shape index (κ1) is 14.0. The Morgan fingerprint density at radius 1 is 1.56 bits per heavy atom. The summed E-state index contributed by atoms with van der Waals surface area (Å²) in [6, 6.07) is 9.01. The molecule has 96 valence electrons. The standard InChI is InChI=1S/C14H18N2O2/c1-4-8-14(2,10-15)16-13(17)11-6-5-7-12(9-11)18-3/h5-7,9H,4,8H2,1-3H3,(H,16,17). The van der Waals surface area contributed by atoms with Crippen LogP contribution in [0.1, 0.15) is 37.0 Å². The molecule has 0 spiro atoms. The highest BCUT2D eigenvalue weighted by atomic mass is 16.5. The Hall–Kier alpha value is -2.02. The van der Waals surface area contributed by atoms with E-state index in [2.05, 4.69) is 11.4 Å². The minimum Gasteiger partial charge on any atom is -0.497 e. The fraction of sp³-hybridized carbons (Fsp3) is 0.429. The molecule has 0 bridgehead atoms. The monoisotopic (exact) mass is 246 g/mol. The van der Waals surface area contributed by atoms with E-state index in [4.69, 9.17) is 10.00 Å². The van der Waals surface area contributed by atoms with Crippen LogP contribution in [0.3, 0.4) is 0 Å². The Morgan fingerprint density at radius 3 is 2.83 bits per heavy atom. The molecule has 0 saturated carbocycles. The number of nitrogens with zero attached hydrogens (tertiary/aromatic N) is 1. The molecular formula is C14H18N2O2. The summed E-state index contributed by atoms with van der Waals surface area (Å²) in [4.78, 5) is 12.0. The van der Waals surface area contributed by atoms with Crippen molar-refractivity contribution in [2.45, 2.75) is 32.2 Å². The van der Waals surface area contributed by atoms with Crippen molar-refractivity contribution in [3.05, 3.63) is 29.8 Å². The van der Waals surface area contributed by atoms with Gasteiger partial charge in [-0.05, 0) is 31.5 Å². The third-order valence-corrected chi connectivity index (χ3v) is 2.72. The van der Waals surface area contributed by atoms with E-state index < -0.39 is 5.54 Å². The van der Waals surface area contributed by atoms with Gasteiger partial charge >= 0.3 is 0 Å². The lowest BCUT2D eigenvalue weighted by Crippen LogP contribution is -2.44. The number of nitriles is 1. The maximum atomic E-state index is 12.0. The fourth-order valence-electron chi connectivity index (χ4n) is 1.73. The van der Waals surface area contributed by atoms with Crippen molar-refractivity contribution in [2.24, 2.45) is 0 Å². The van der Waals surface area contributed by atoms with Crippen molar-refractivity contribution in [1.29, 1.82) is 5.26 Å². The summed E-state index contributed by atoms with van der Waals surface area (Å²) in [5.74, 6) is 0.364. The number of carbonyl (C=O) groups is 1. The third kappa shape index (κ3) is 3.49. The van der Waals surface area contributed by atoms with E-state index >= 15 is 0 Å². The van der Waals surface area contributed by atoms with Crippen molar-refractivity contribution in [3.8, 4) is 11.8 Å². The minimum atomic E-state index is -0.824. The van der Waals surface area contributed by atoms with Crippen LogP contribution in [0.15, 0.2) is 24.3 Å². The molecule has 1 aromatic rings. The zero-order valence-corrected chi connectivity index (χ0v) is 11.0. The molecule has 0 aliphatic carbocycles. The largest absolute Gasteiger partial charge is 0.497 e. The Morgan fingerprint density at radius 2 is 2.28 bits per heavy atom. The maximum Gasteiger partial charge on any atom is 0.252 e. The molecule has 1 aromatic carbocycles. The smallest absolute Gasteiger partial charge is 0.252 e. The lowest BCUT2D eigenvalue weighted by Gasteiger charge is -2.22. The number of benzene rings is 1. The van der Waals surface area contributed by atoms with Crippen LogP contribution in [0.4, 0.5) is 0 Å². The van der Waals surface area contributed by atoms with Gasteiger partial charge in [0.1, 0.15) is 11.3 Å². The van der Waals surface area contributed by atoms with Gasteiger partial charge in [-0.2, -0.15) is 5.26 Å². The second-order valence-corrected chi connectivity index (χ2v) is 4.38. The third-order valence-electron chi connectivity index (χ3n) is 2.72. The summed E-state index contributed by atoms with van der Waals surface area (Å²) < 4.78 is 5.06. The average Bonchev–Trinajstić information content (AvgIpc) is 2.39. The van der Waals surface area contributed by atoms with Gasteiger partial charge in [0.25, 0.3) is 5.91 Å². The van der Waals surface area contributed by atoms with Crippen LogP contribution in [-0.4, -0.2) is 18.6 Å². The molecule has 0 aliphatic rings. The Bertz CT molecular complexity index is 465. The van der Waals surface area contributed by atoms with E-state index in [-0.39, 0.29) is 5.91 Å². The molecular weight excluding hydrogens is 228 g/mol. The molecule has 4 heteroatoms. The van der Waals surface area contributed by atoms with Crippen molar-refractivity contribution < 1.29 is 9.53 Å². The SMILES string of the molecule is CCCC(C)(C#N)NC(=O)c1cccc(OC)c1. The van der Waals surface area contributed by atoms with Crippen LogP contribution in [0.5, 0.6) is 5.75 Å². The molecule has 0 saturated heterocycles. The predicted molar refractivity (Wildman–Crippen MR) is 69.4 cm³/mol. The highest BCUT2D eigenvalue weighted by molar-refractivity contribution is 5.95. The van der Waals surface area contributed by atoms with Crippen LogP contribution in [0, 0.1) is 11.3 Å². The number of hydrogen-bond donors (Lipinski definition) is 1. The van der Waals surface area contributed by atoms with Crippen molar-refractivity contribution in [2.75, 3.05) is 7.11 Å². The molecule has 0 fully saturated rings. The second-order valence-electron chi connectivity index (χ2n) is 4.38. The van der Waals surface area contributed by atoms with E-state index in [9.17, 15) is 4.79 Å². The second kappa shape index (κ2) is 6.06. The first-order chi connectivity index (χ1) is 8.54. The van der Waals surface area contributed by atoms with Crippen LogP contribution in [-0.2, 0) is 0 Å². The van der Waals surface area contributed by atoms with Crippen molar-refractivity contribution in [1.82, 2.24) is 5.32 Å². The molecule has 4 nitrogen and oxygen atoms in total. The molecule has 1 atom stereocenters. The Balaban J connectivity index is 2.84. The fourth-order valence-corrected chi connectivity index (χ4v) is 1.73. The summed E-state index contributed by atoms with van der Waals surface area (Å²) in [5.41, 5.74) is -0.332. The lowest BCUT2D eigenvalue weighted by atomic mass is 9.97. The van der Waals surface area contributed by atoms with Crippen molar-refractivity contribution in [3.63, 3.8) is 0 Å². The maximum absolute atomic E-state index is 12.0. The predicted octanol–water partition coefficient (Wildman–Crippen LogP) is 2.51. The number of nitrogens with one attached hydrogen (secondary N) is 1. The van der Waals surface area contributed by atoms with Crippen LogP contribution < -0.4 is 10.1 Å². The van der Waals surface area contributed by atoms with Gasteiger partial charge in [-0.15, -0.1) is 0 Å². The van der Waals surface area contributed by atoms with Gasteiger partial charge in [0, 0.05) is 5.56 Å². The average molecular weight is 246 g/mol. The summed E-state index contributed by atoms with van der Waals surface area (Å²) in [6.07, 6.45) is 1.46. The Labute approximate surface area is 108 Å². The molecule has 1 unspecified atom stereocenters.